The second-order valence-corrected chi connectivity index (χ2v) is 4.04. The van der Waals surface area contributed by atoms with E-state index in [0.29, 0.717) is 6.61 Å². The molecule has 0 aliphatic heterocycles. The van der Waals surface area contributed by atoms with Gasteiger partial charge in [-0.2, -0.15) is 0 Å². The first-order chi connectivity index (χ1) is 7.61. The Bertz CT molecular complexity index is 360. The molecule has 0 heterocycles. The zero-order valence-corrected chi connectivity index (χ0v) is 10.1. The monoisotopic (exact) mass is 244 g/mol. The van der Waals surface area contributed by atoms with Gasteiger partial charge in [-0.15, -0.1) is 11.8 Å². The summed E-state index contributed by atoms with van der Waals surface area (Å²) in [6, 6.07) is 2.88. The molecule has 6 heteroatoms. The number of ether oxygens (including phenoxy) is 1. The van der Waals surface area contributed by atoms with Crippen LogP contribution in [0.1, 0.15) is 13.3 Å². The van der Waals surface area contributed by atoms with Gasteiger partial charge in [0.25, 0.3) is 0 Å². The van der Waals surface area contributed by atoms with Gasteiger partial charge in [-0.3, -0.25) is 0 Å². The minimum atomic E-state index is -1.67. The average molecular weight is 244 g/mol. The molecule has 1 aromatic rings. The SMILES string of the molecule is CCCOc1ccc(B(O)O)c(SC)c1F. The molecule has 2 N–H and O–H groups in total. The van der Waals surface area contributed by atoms with Gasteiger partial charge in [-0.25, -0.2) is 4.39 Å². The minimum Gasteiger partial charge on any atom is -0.490 e. The summed E-state index contributed by atoms with van der Waals surface area (Å²) in [4.78, 5) is 0.212. The average Bonchev–Trinajstić information content (AvgIpc) is 2.26. The molecule has 0 bridgehead atoms. The fourth-order valence-electron chi connectivity index (χ4n) is 1.29. The molecule has 0 aliphatic rings. The van der Waals surface area contributed by atoms with Gasteiger partial charge >= 0.3 is 7.12 Å². The van der Waals surface area contributed by atoms with Gasteiger partial charge in [0.2, 0.25) is 0 Å². The van der Waals surface area contributed by atoms with Crippen LogP contribution in [0.5, 0.6) is 5.75 Å². The van der Waals surface area contributed by atoms with Crippen LogP contribution in [-0.4, -0.2) is 30.0 Å². The van der Waals surface area contributed by atoms with Crippen LogP contribution in [0.3, 0.4) is 0 Å². The Kier molecular flexibility index (Phi) is 5.11. The van der Waals surface area contributed by atoms with E-state index in [-0.39, 0.29) is 16.1 Å². The maximum Gasteiger partial charge on any atom is 0.489 e. The maximum absolute atomic E-state index is 13.8. The van der Waals surface area contributed by atoms with E-state index in [1.54, 1.807) is 6.26 Å². The first-order valence-electron chi connectivity index (χ1n) is 4.97. The Hall–Kier alpha value is -0.715. The molecular formula is C10H14BFO3S. The Balaban J connectivity index is 3.08. The summed E-state index contributed by atoms with van der Waals surface area (Å²) in [5, 5.41) is 18.1. The third kappa shape index (κ3) is 2.90. The molecule has 0 atom stereocenters. The highest BCUT2D eigenvalue weighted by Gasteiger charge is 2.21. The first kappa shape index (κ1) is 13.4. The van der Waals surface area contributed by atoms with Gasteiger partial charge in [0, 0.05) is 4.90 Å². The van der Waals surface area contributed by atoms with Crippen LogP contribution in [-0.2, 0) is 0 Å². The summed E-state index contributed by atoms with van der Waals surface area (Å²) in [5.41, 5.74) is 0.161. The highest BCUT2D eigenvalue weighted by molar-refractivity contribution is 7.98. The number of hydrogen-bond donors (Lipinski definition) is 2. The van der Waals surface area contributed by atoms with Crippen LogP contribution in [0.2, 0.25) is 0 Å². The molecule has 0 radical (unpaired) electrons. The summed E-state index contributed by atoms with van der Waals surface area (Å²) in [6.45, 7) is 2.37. The molecule has 0 saturated heterocycles. The van der Waals surface area contributed by atoms with Crippen LogP contribution in [0.15, 0.2) is 17.0 Å². The number of thioether (sulfide) groups is 1. The van der Waals surface area contributed by atoms with Gasteiger partial charge in [0.05, 0.1) is 6.61 Å². The lowest BCUT2D eigenvalue weighted by Gasteiger charge is -2.12. The summed E-state index contributed by atoms with van der Waals surface area (Å²) in [6.07, 6.45) is 2.46. The highest BCUT2D eigenvalue weighted by Crippen LogP contribution is 2.25. The fraction of sp³-hybridized carbons (Fsp3) is 0.400. The molecule has 0 fully saturated rings. The van der Waals surface area contributed by atoms with Crippen molar-refractivity contribution < 1.29 is 19.2 Å². The second kappa shape index (κ2) is 6.13. The van der Waals surface area contributed by atoms with E-state index in [1.165, 1.54) is 12.1 Å². The molecule has 88 valence electrons. The van der Waals surface area contributed by atoms with Crippen molar-refractivity contribution in [2.45, 2.75) is 18.2 Å². The van der Waals surface area contributed by atoms with E-state index in [1.807, 2.05) is 6.92 Å². The van der Waals surface area contributed by atoms with Crippen molar-refractivity contribution in [2.75, 3.05) is 12.9 Å². The van der Waals surface area contributed by atoms with E-state index in [4.69, 9.17) is 14.8 Å². The smallest absolute Gasteiger partial charge is 0.489 e. The summed E-state index contributed by atoms with van der Waals surface area (Å²) in [7, 11) is -1.67. The second-order valence-electron chi connectivity index (χ2n) is 3.22. The van der Waals surface area contributed by atoms with E-state index >= 15 is 0 Å². The van der Waals surface area contributed by atoms with Gasteiger partial charge < -0.3 is 14.8 Å². The molecule has 0 spiro atoms. The zero-order valence-electron chi connectivity index (χ0n) is 9.24. The van der Waals surface area contributed by atoms with E-state index in [0.717, 1.165) is 18.2 Å². The van der Waals surface area contributed by atoms with Crippen molar-refractivity contribution in [2.24, 2.45) is 0 Å². The predicted molar refractivity (Wildman–Crippen MR) is 63.8 cm³/mol. The van der Waals surface area contributed by atoms with Crippen molar-refractivity contribution in [1.82, 2.24) is 0 Å². The van der Waals surface area contributed by atoms with E-state index in [9.17, 15) is 4.39 Å². The topological polar surface area (TPSA) is 49.7 Å². The standard InChI is InChI=1S/C10H14BFO3S/c1-3-6-15-8-5-4-7(11(13)14)10(16-2)9(8)12/h4-5,13-14H,3,6H2,1-2H3. The number of halogens is 1. The van der Waals surface area contributed by atoms with Crippen LogP contribution in [0.25, 0.3) is 0 Å². The molecule has 0 unspecified atom stereocenters. The molecule has 1 rings (SSSR count). The Morgan fingerprint density at radius 2 is 2.12 bits per heavy atom. The molecule has 0 aliphatic carbocycles. The number of benzene rings is 1. The summed E-state index contributed by atoms with van der Waals surface area (Å²) in [5.74, 6) is -0.387. The molecule has 16 heavy (non-hydrogen) atoms. The zero-order chi connectivity index (χ0) is 12.1. The Morgan fingerprint density at radius 3 is 2.62 bits per heavy atom. The largest absolute Gasteiger partial charge is 0.490 e. The molecule has 0 saturated carbocycles. The van der Waals surface area contributed by atoms with Crippen molar-refractivity contribution >= 4 is 24.3 Å². The highest BCUT2D eigenvalue weighted by atomic mass is 32.2. The Labute approximate surface area is 98.8 Å². The Morgan fingerprint density at radius 1 is 1.44 bits per heavy atom. The molecule has 0 amide bonds. The molecule has 1 aromatic carbocycles. The minimum absolute atomic E-state index is 0.149. The molecular weight excluding hydrogens is 230 g/mol. The molecule has 3 nitrogen and oxygen atoms in total. The summed E-state index contributed by atoms with van der Waals surface area (Å²) < 4.78 is 19.1. The van der Waals surface area contributed by atoms with Gasteiger partial charge in [0.15, 0.2) is 11.6 Å². The van der Waals surface area contributed by atoms with Crippen LogP contribution >= 0.6 is 11.8 Å². The first-order valence-corrected chi connectivity index (χ1v) is 6.19. The predicted octanol–water partition coefficient (Wildman–Crippen LogP) is 1.02. The van der Waals surface area contributed by atoms with Crippen molar-refractivity contribution in [3.05, 3.63) is 17.9 Å². The van der Waals surface area contributed by atoms with Crippen LogP contribution < -0.4 is 10.2 Å². The lowest BCUT2D eigenvalue weighted by Crippen LogP contribution is -2.32. The van der Waals surface area contributed by atoms with E-state index in [2.05, 4.69) is 0 Å². The number of hydrogen-bond acceptors (Lipinski definition) is 4. The van der Waals surface area contributed by atoms with Crippen molar-refractivity contribution in [3.63, 3.8) is 0 Å². The van der Waals surface area contributed by atoms with Crippen LogP contribution in [0, 0.1) is 5.82 Å². The van der Waals surface area contributed by atoms with E-state index < -0.39 is 12.9 Å². The molecule has 0 aromatic heterocycles. The van der Waals surface area contributed by atoms with Gasteiger partial charge in [-0.05, 0) is 24.2 Å². The third-order valence-corrected chi connectivity index (χ3v) is 2.86. The van der Waals surface area contributed by atoms with Crippen molar-refractivity contribution in [1.29, 1.82) is 0 Å². The lowest BCUT2D eigenvalue weighted by molar-refractivity contribution is 0.299. The third-order valence-electron chi connectivity index (χ3n) is 2.04. The van der Waals surface area contributed by atoms with Gasteiger partial charge in [0.1, 0.15) is 0 Å². The quantitative estimate of drug-likeness (QED) is 0.599. The lowest BCUT2D eigenvalue weighted by atomic mass is 9.80. The maximum atomic E-state index is 13.8. The van der Waals surface area contributed by atoms with Crippen molar-refractivity contribution in [3.8, 4) is 5.75 Å². The van der Waals surface area contributed by atoms with Crippen LogP contribution in [0.4, 0.5) is 4.39 Å². The number of rotatable bonds is 5. The normalized spacial score (nSPS) is 10.3. The van der Waals surface area contributed by atoms with Gasteiger partial charge in [-0.1, -0.05) is 13.0 Å². The summed E-state index contributed by atoms with van der Waals surface area (Å²) >= 11 is 1.12. The fourth-order valence-corrected chi connectivity index (χ4v) is 1.98.